The van der Waals surface area contributed by atoms with Crippen molar-refractivity contribution in [3.63, 3.8) is 0 Å². The van der Waals surface area contributed by atoms with Gasteiger partial charge in [0, 0.05) is 5.69 Å². The summed E-state index contributed by atoms with van der Waals surface area (Å²) in [5.74, 6) is 6.21. The lowest BCUT2D eigenvalue weighted by Gasteiger charge is -2.12. The van der Waals surface area contributed by atoms with Gasteiger partial charge in [-0.3, -0.25) is 5.43 Å². The molecular weight excluding hydrogens is 248 g/mol. The van der Waals surface area contributed by atoms with E-state index in [9.17, 15) is 0 Å². The first-order chi connectivity index (χ1) is 9.85. The molecule has 1 aliphatic carbocycles. The number of nitrogens with two attached hydrogens (primary N) is 1. The summed E-state index contributed by atoms with van der Waals surface area (Å²) in [4.78, 5) is 4.64. The summed E-state index contributed by atoms with van der Waals surface area (Å²) >= 11 is 0. The summed E-state index contributed by atoms with van der Waals surface area (Å²) < 4.78 is 0. The van der Waals surface area contributed by atoms with Crippen molar-refractivity contribution in [3.8, 4) is 0 Å². The number of fused-ring (bicyclic) bond motifs is 1. The van der Waals surface area contributed by atoms with E-state index in [1.807, 2.05) is 18.2 Å². The van der Waals surface area contributed by atoms with Crippen molar-refractivity contribution >= 4 is 22.4 Å². The van der Waals surface area contributed by atoms with Gasteiger partial charge >= 0.3 is 0 Å². The molecule has 20 heavy (non-hydrogen) atoms. The monoisotopic (exact) mass is 268 g/mol. The van der Waals surface area contributed by atoms with Crippen LogP contribution in [0.4, 0.5) is 5.69 Å². The Hall–Kier alpha value is -2.07. The highest BCUT2D eigenvalue weighted by atomic mass is 15.3. The number of hydrazine groups is 1. The van der Waals surface area contributed by atoms with Gasteiger partial charge in [-0.2, -0.15) is 0 Å². The molecule has 4 nitrogen and oxygen atoms in total. The van der Waals surface area contributed by atoms with Gasteiger partial charge in [-0.1, -0.05) is 43.2 Å². The third kappa shape index (κ3) is 2.91. The van der Waals surface area contributed by atoms with Gasteiger partial charge in [-0.15, -0.1) is 0 Å². The van der Waals surface area contributed by atoms with Crippen LogP contribution in [-0.2, 0) is 0 Å². The quantitative estimate of drug-likeness (QED) is 0.339. The Labute approximate surface area is 119 Å². The molecule has 0 spiro atoms. The molecule has 0 saturated heterocycles. The van der Waals surface area contributed by atoms with Gasteiger partial charge in [0.05, 0.1) is 6.04 Å². The molecule has 4 heteroatoms. The average Bonchev–Trinajstić information content (AvgIpc) is 2.99. The minimum Gasteiger partial charge on any atom is -0.325 e. The fourth-order valence-corrected chi connectivity index (χ4v) is 2.73. The van der Waals surface area contributed by atoms with E-state index < -0.39 is 0 Å². The van der Waals surface area contributed by atoms with Gasteiger partial charge in [-0.05, 0) is 35.7 Å². The Morgan fingerprint density at radius 2 is 1.80 bits per heavy atom. The lowest BCUT2D eigenvalue weighted by Crippen LogP contribution is -2.37. The Balaban J connectivity index is 1.79. The fourth-order valence-electron chi connectivity index (χ4n) is 2.73. The van der Waals surface area contributed by atoms with Crippen molar-refractivity contribution in [1.82, 2.24) is 5.43 Å². The van der Waals surface area contributed by atoms with Crippen molar-refractivity contribution in [3.05, 3.63) is 42.5 Å². The third-order valence-corrected chi connectivity index (χ3v) is 3.79. The molecule has 4 N–H and O–H groups in total. The van der Waals surface area contributed by atoms with Crippen LogP contribution in [0.25, 0.3) is 10.8 Å². The maximum atomic E-state index is 5.57. The standard InChI is InChI=1S/C16H20N4/c17-20-16(18-14-7-3-4-8-14)19-15-10-9-12-5-1-2-6-13(12)11-15/h1-2,5-6,9-11,14H,3-4,7-8,17H2,(H2,18,19,20). The number of nitrogens with zero attached hydrogens (tertiary/aromatic N) is 1. The topological polar surface area (TPSA) is 62.4 Å². The molecule has 104 valence electrons. The van der Waals surface area contributed by atoms with Crippen LogP contribution in [0.5, 0.6) is 0 Å². The second-order valence-electron chi connectivity index (χ2n) is 5.25. The number of guanidine groups is 1. The SMILES string of the molecule is NNC(=NC1CCCC1)Nc1ccc2ccccc2c1. The zero-order valence-electron chi connectivity index (χ0n) is 11.5. The highest BCUT2D eigenvalue weighted by Crippen LogP contribution is 2.22. The number of nitrogens with one attached hydrogen (secondary N) is 2. The van der Waals surface area contributed by atoms with E-state index in [2.05, 4.69) is 40.0 Å². The second-order valence-corrected chi connectivity index (χ2v) is 5.25. The first-order valence-electron chi connectivity index (χ1n) is 7.15. The lowest BCUT2D eigenvalue weighted by atomic mass is 10.1. The molecular formula is C16H20N4. The van der Waals surface area contributed by atoms with E-state index >= 15 is 0 Å². The van der Waals surface area contributed by atoms with E-state index in [0.29, 0.717) is 12.0 Å². The van der Waals surface area contributed by atoms with Crippen LogP contribution in [0, 0.1) is 0 Å². The van der Waals surface area contributed by atoms with E-state index in [4.69, 9.17) is 5.84 Å². The fraction of sp³-hybridized carbons (Fsp3) is 0.312. The normalized spacial score (nSPS) is 16.6. The number of hydrogen-bond acceptors (Lipinski definition) is 2. The number of anilines is 1. The molecule has 0 radical (unpaired) electrons. The van der Waals surface area contributed by atoms with Crippen LogP contribution >= 0.6 is 0 Å². The van der Waals surface area contributed by atoms with Gasteiger partial charge in [-0.25, -0.2) is 10.8 Å². The van der Waals surface area contributed by atoms with Crippen LogP contribution in [0.1, 0.15) is 25.7 Å². The van der Waals surface area contributed by atoms with Crippen molar-refractivity contribution in [2.45, 2.75) is 31.7 Å². The van der Waals surface area contributed by atoms with Crippen molar-refractivity contribution < 1.29 is 0 Å². The van der Waals surface area contributed by atoms with Gasteiger partial charge in [0.2, 0.25) is 5.96 Å². The zero-order chi connectivity index (χ0) is 13.8. The molecule has 0 aromatic heterocycles. The maximum absolute atomic E-state index is 5.57. The Morgan fingerprint density at radius 1 is 1.05 bits per heavy atom. The van der Waals surface area contributed by atoms with Gasteiger partial charge in [0.15, 0.2) is 0 Å². The Morgan fingerprint density at radius 3 is 2.55 bits per heavy atom. The number of hydrogen-bond donors (Lipinski definition) is 3. The summed E-state index contributed by atoms with van der Waals surface area (Å²) in [5.41, 5.74) is 3.66. The minimum absolute atomic E-state index is 0.397. The first-order valence-corrected chi connectivity index (χ1v) is 7.15. The zero-order valence-corrected chi connectivity index (χ0v) is 11.5. The molecule has 1 aliphatic rings. The molecule has 0 bridgehead atoms. The molecule has 1 saturated carbocycles. The van der Waals surface area contributed by atoms with Crippen LogP contribution in [0.3, 0.4) is 0 Å². The molecule has 2 aromatic rings. The van der Waals surface area contributed by atoms with Crippen molar-refractivity contribution in [1.29, 1.82) is 0 Å². The third-order valence-electron chi connectivity index (χ3n) is 3.79. The summed E-state index contributed by atoms with van der Waals surface area (Å²) in [6, 6.07) is 14.9. The highest BCUT2D eigenvalue weighted by Gasteiger charge is 2.14. The van der Waals surface area contributed by atoms with Crippen LogP contribution in [-0.4, -0.2) is 12.0 Å². The van der Waals surface area contributed by atoms with Gasteiger partial charge in [0.25, 0.3) is 0 Å². The van der Waals surface area contributed by atoms with E-state index in [1.165, 1.54) is 23.6 Å². The summed E-state index contributed by atoms with van der Waals surface area (Å²) in [5, 5.41) is 5.69. The van der Waals surface area contributed by atoms with Gasteiger partial charge < -0.3 is 5.32 Å². The summed E-state index contributed by atoms with van der Waals surface area (Å²) in [6.07, 6.45) is 4.85. The van der Waals surface area contributed by atoms with Gasteiger partial charge in [0.1, 0.15) is 0 Å². The Bertz CT molecular complexity index is 615. The molecule has 0 heterocycles. The van der Waals surface area contributed by atoms with Crippen molar-refractivity contribution in [2.24, 2.45) is 10.8 Å². The predicted octanol–water partition coefficient (Wildman–Crippen LogP) is 3.01. The number of rotatable bonds is 2. The molecule has 2 aromatic carbocycles. The number of aliphatic imine (C=N–C) groups is 1. The van der Waals surface area contributed by atoms with E-state index in [-0.39, 0.29) is 0 Å². The van der Waals surface area contributed by atoms with E-state index in [1.54, 1.807) is 0 Å². The van der Waals surface area contributed by atoms with E-state index in [0.717, 1.165) is 18.5 Å². The molecule has 0 unspecified atom stereocenters. The molecule has 1 fully saturated rings. The minimum atomic E-state index is 0.397. The largest absolute Gasteiger partial charge is 0.325 e. The summed E-state index contributed by atoms with van der Waals surface area (Å²) in [6.45, 7) is 0. The summed E-state index contributed by atoms with van der Waals surface area (Å²) in [7, 11) is 0. The highest BCUT2D eigenvalue weighted by molar-refractivity contribution is 5.96. The molecule has 3 rings (SSSR count). The average molecular weight is 268 g/mol. The predicted molar refractivity (Wildman–Crippen MR) is 84.6 cm³/mol. The Kier molecular flexibility index (Phi) is 3.83. The van der Waals surface area contributed by atoms with Crippen LogP contribution in [0.2, 0.25) is 0 Å². The maximum Gasteiger partial charge on any atom is 0.210 e. The second kappa shape index (κ2) is 5.92. The number of benzene rings is 2. The molecule has 0 aliphatic heterocycles. The molecule has 0 atom stereocenters. The van der Waals surface area contributed by atoms with Crippen LogP contribution in [0.15, 0.2) is 47.5 Å². The van der Waals surface area contributed by atoms with Crippen molar-refractivity contribution in [2.75, 3.05) is 5.32 Å². The van der Waals surface area contributed by atoms with Crippen LogP contribution < -0.4 is 16.6 Å². The smallest absolute Gasteiger partial charge is 0.210 e. The molecule has 0 amide bonds. The lowest BCUT2D eigenvalue weighted by molar-refractivity contribution is 0.700. The first kappa shape index (κ1) is 12.9.